The number of hydrogen-bond acceptors (Lipinski definition) is 3. The highest BCUT2D eigenvalue weighted by molar-refractivity contribution is 5.16. The molecule has 0 radical (unpaired) electrons. The lowest BCUT2D eigenvalue weighted by atomic mass is 9.82. The third kappa shape index (κ3) is 3.16. The molecule has 1 saturated heterocycles. The van der Waals surface area contributed by atoms with Crippen LogP contribution in [0.15, 0.2) is 6.20 Å². The van der Waals surface area contributed by atoms with Crippen molar-refractivity contribution in [3.8, 4) is 6.07 Å². The van der Waals surface area contributed by atoms with Gasteiger partial charge in [0.1, 0.15) is 0 Å². The normalized spacial score (nSPS) is 19.3. The number of likely N-dealkylation sites (tertiary alicyclic amines) is 1. The van der Waals surface area contributed by atoms with Gasteiger partial charge in [-0.05, 0) is 46.2 Å². The van der Waals surface area contributed by atoms with Gasteiger partial charge in [0, 0.05) is 24.3 Å². The van der Waals surface area contributed by atoms with Crippen molar-refractivity contribution in [2.24, 2.45) is 5.41 Å². The topological polar surface area (TPSA) is 44.9 Å². The highest BCUT2D eigenvalue weighted by Crippen LogP contribution is 2.30. The van der Waals surface area contributed by atoms with E-state index in [4.69, 9.17) is 5.26 Å². The summed E-state index contributed by atoms with van der Waals surface area (Å²) in [7, 11) is 0. The minimum atomic E-state index is -0.113. The summed E-state index contributed by atoms with van der Waals surface area (Å²) in [6, 6.07) is 2.45. The van der Waals surface area contributed by atoms with E-state index < -0.39 is 0 Å². The summed E-state index contributed by atoms with van der Waals surface area (Å²) in [5, 5.41) is 13.6. The molecule has 104 valence electrons. The molecule has 0 bridgehead atoms. The van der Waals surface area contributed by atoms with Gasteiger partial charge in [0.25, 0.3) is 0 Å². The lowest BCUT2D eigenvalue weighted by molar-refractivity contribution is 0.150. The van der Waals surface area contributed by atoms with Crippen molar-refractivity contribution in [1.29, 1.82) is 5.26 Å². The lowest BCUT2D eigenvalue weighted by Crippen LogP contribution is -2.37. The van der Waals surface area contributed by atoms with Gasteiger partial charge in [0.05, 0.1) is 17.7 Å². The Morgan fingerprint density at radius 3 is 2.68 bits per heavy atom. The van der Waals surface area contributed by atoms with E-state index in [-0.39, 0.29) is 5.41 Å². The molecule has 2 heterocycles. The average Bonchev–Trinajstić information content (AvgIpc) is 2.75. The van der Waals surface area contributed by atoms with E-state index in [1.807, 2.05) is 6.20 Å². The fraction of sp³-hybridized carbons (Fsp3) is 0.733. The summed E-state index contributed by atoms with van der Waals surface area (Å²) >= 11 is 0. The summed E-state index contributed by atoms with van der Waals surface area (Å²) in [4.78, 5) is 2.44. The van der Waals surface area contributed by atoms with Crippen LogP contribution in [0.1, 0.15) is 44.4 Å². The van der Waals surface area contributed by atoms with E-state index in [0.717, 1.165) is 45.4 Å². The Bertz CT molecular complexity index is 461. The highest BCUT2D eigenvalue weighted by Gasteiger charge is 2.30. The molecule has 19 heavy (non-hydrogen) atoms. The third-order valence-electron chi connectivity index (χ3n) is 4.26. The number of aromatic nitrogens is 2. The van der Waals surface area contributed by atoms with Crippen LogP contribution in [0, 0.1) is 23.7 Å². The number of aryl methyl sites for hydroxylation is 1. The van der Waals surface area contributed by atoms with Crippen molar-refractivity contribution in [3.05, 3.63) is 17.5 Å². The van der Waals surface area contributed by atoms with Gasteiger partial charge in [-0.3, -0.25) is 9.58 Å². The number of hydrogen-bond donors (Lipinski definition) is 0. The Hall–Kier alpha value is -1.34. The lowest BCUT2D eigenvalue weighted by Gasteiger charge is -2.34. The molecule has 0 aliphatic carbocycles. The summed E-state index contributed by atoms with van der Waals surface area (Å²) in [5.74, 6) is 0. The smallest absolute Gasteiger partial charge is 0.0687 e. The van der Waals surface area contributed by atoms with Crippen LogP contribution in [-0.2, 0) is 13.1 Å². The highest BCUT2D eigenvalue weighted by atomic mass is 15.3. The standard InChI is InChI=1S/C15H24N4/c1-4-7-19-13(2)14(10-17-19)11-18-8-5-15(3,12-16)6-9-18/h10H,4-9,11H2,1-3H3. The van der Waals surface area contributed by atoms with Crippen LogP contribution in [0.3, 0.4) is 0 Å². The molecule has 2 rings (SSSR count). The summed E-state index contributed by atoms with van der Waals surface area (Å²) in [5.41, 5.74) is 2.50. The molecule has 1 aliphatic heterocycles. The van der Waals surface area contributed by atoms with Gasteiger partial charge in [-0.15, -0.1) is 0 Å². The maximum absolute atomic E-state index is 9.15. The largest absolute Gasteiger partial charge is 0.299 e. The Morgan fingerprint density at radius 2 is 2.11 bits per heavy atom. The van der Waals surface area contributed by atoms with Crippen LogP contribution >= 0.6 is 0 Å². The second-order valence-corrected chi connectivity index (χ2v) is 5.93. The Balaban J connectivity index is 1.94. The van der Waals surface area contributed by atoms with Gasteiger partial charge in [0.2, 0.25) is 0 Å². The monoisotopic (exact) mass is 260 g/mol. The summed E-state index contributed by atoms with van der Waals surface area (Å²) in [6.07, 6.45) is 5.08. The quantitative estimate of drug-likeness (QED) is 0.836. The molecule has 1 aromatic heterocycles. The first-order valence-corrected chi connectivity index (χ1v) is 7.23. The molecule has 1 aliphatic rings. The first kappa shape index (κ1) is 14.1. The van der Waals surface area contributed by atoms with E-state index >= 15 is 0 Å². The van der Waals surface area contributed by atoms with Gasteiger partial charge in [-0.1, -0.05) is 6.92 Å². The first-order valence-electron chi connectivity index (χ1n) is 7.23. The van der Waals surface area contributed by atoms with Gasteiger partial charge in [-0.2, -0.15) is 10.4 Å². The van der Waals surface area contributed by atoms with Crippen LogP contribution in [-0.4, -0.2) is 27.8 Å². The first-order chi connectivity index (χ1) is 9.08. The number of nitrogens with zero attached hydrogens (tertiary/aromatic N) is 4. The molecule has 4 heteroatoms. The average molecular weight is 260 g/mol. The fourth-order valence-corrected chi connectivity index (χ4v) is 2.64. The molecule has 4 nitrogen and oxygen atoms in total. The molecule has 0 spiro atoms. The van der Waals surface area contributed by atoms with Crippen LogP contribution in [0.4, 0.5) is 0 Å². The SMILES string of the molecule is CCCn1ncc(CN2CCC(C)(C#N)CC2)c1C. The van der Waals surface area contributed by atoms with Crippen molar-refractivity contribution >= 4 is 0 Å². The van der Waals surface area contributed by atoms with E-state index in [0.29, 0.717) is 0 Å². The molecule has 0 N–H and O–H groups in total. The Labute approximate surface area is 116 Å². The number of rotatable bonds is 4. The maximum Gasteiger partial charge on any atom is 0.0687 e. The van der Waals surface area contributed by atoms with E-state index in [1.165, 1.54) is 11.3 Å². The van der Waals surface area contributed by atoms with Crippen LogP contribution in [0.5, 0.6) is 0 Å². The molecular weight excluding hydrogens is 236 g/mol. The minimum Gasteiger partial charge on any atom is -0.299 e. The third-order valence-corrected chi connectivity index (χ3v) is 4.26. The van der Waals surface area contributed by atoms with Gasteiger partial charge < -0.3 is 0 Å². The molecular formula is C15H24N4. The molecule has 1 aromatic rings. The zero-order chi connectivity index (χ0) is 13.9. The second kappa shape index (κ2) is 5.75. The van der Waals surface area contributed by atoms with E-state index in [9.17, 15) is 0 Å². The number of piperidine rings is 1. The van der Waals surface area contributed by atoms with Gasteiger partial charge >= 0.3 is 0 Å². The summed E-state index contributed by atoms with van der Waals surface area (Å²) in [6.45, 7) is 10.4. The van der Waals surface area contributed by atoms with Crippen LogP contribution in [0.25, 0.3) is 0 Å². The predicted octanol–water partition coefficient (Wildman–Crippen LogP) is 2.73. The zero-order valence-corrected chi connectivity index (χ0v) is 12.3. The summed E-state index contributed by atoms with van der Waals surface area (Å²) < 4.78 is 2.10. The van der Waals surface area contributed by atoms with E-state index in [2.05, 4.69) is 41.5 Å². The molecule has 0 saturated carbocycles. The molecule has 0 aromatic carbocycles. The second-order valence-electron chi connectivity index (χ2n) is 5.93. The predicted molar refractivity (Wildman–Crippen MR) is 75.5 cm³/mol. The molecule has 1 fully saturated rings. The molecule has 0 unspecified atom stereocenters. The van der Waals surface area contributed by atoms with Gasteiger partial charge in [-0.25, -0.2) is 0 Å². The minimum absolute atomic E-state index is 0.113. The van der Waals surface area contributed by atoms with Crippen molar-refractivity contribution < 1.29 is 0 Å². The van der Waals surface area contributed by atoms with Crippen molar-refractivity contribution in [1.82, 2.24) is 14.7 Å². The van der Waals surface area contributed by atoms with E-state index in [1.54, 1.807) is 0 Å². The zero-order valence-electron chi connectivity index (χ0n) is 12.3. The van der Waals surface area contributed by atoms with Crippen molar-refractivity contribution in [2.75, 3.05) is 13.1 Å². The van der Waals surface area contributed by atoms with Crippen LogP contribution in [0.2, 0.25) is 0 Å². The fourth-order valence-electron chi connectivity index (χ4n) is 2.64. The molecule has 0 atom stereocenters. The van der Waals surface area contributed by atoms with Gasteiger partial charge in [0.15, 0.2) is 0 Å². The van der Waals surface area contributed by atoms with Crippen molar-refractivity contribution in [2.45, 2.75) is 53.1 Å². The Morgan fingerprint density at radius 1 is 1.42 bits per heavy atom. The molecule has 0 amide bonds. The number of nitriles is 1. The van der Waals surface area contributed by atoms with Crippen LogP contribution < -0.4 is 0 Å². The van der Waals surface area contributed by atoms with Crippen molar-refractivity contribution in [3.63, 3.8) is 0 Å². The maximum atomic E-state index is 9.15. The Kier molecular flexibility index (Phi) is 4.26.